The van der Waals surface area contributed by atoms with Crippen molar-refractivity contribution < 1.29 is 14.9 Å². The number of ether oxygens (including phenoxy) is 1. The maximum atomic E-state index is 10.5. The molecule has 3 fully saturated rings. The fourth-order valence-electron chi connectivity index (χ4n) is 8.23. The molecule has 1 saturated heterocycles. The first-order chi connectivity index (χ1) is 15.4. The first-order valence-electron chi connectivity index (χ1n) is 12.3. The van der Waals surface area contributed by atoms with E-state index in [-0.39, 0.29) is 16.6 Å². The fraction of sp³-hybridized carbons (Fsp3) is 0.536. The van der Waals surface area contributed by atoms with Crippen LogP contribution in [-0.4, -0.2) is 38.6 Å². The number of aliphatic hydroxyl groups is 2. The van der Waals surface area contributed by atoms with E-state index in [9.17, 15) is 10.2 Å². The molecule has 2 aromatic rings. The second kappa shape index (κ2) is 6.31. The van der Waals surface area contributed by atoms with Gasteiger partial charge in [0.05, 0.1) is 23.4 Å². The van der Waals surface area contributed by atoms with E-state index in [1.165, 1.54) is 40.3 Å². The fourth-order valence-corrected chi connectivity index (χ4v) is 8.23. The number of aliphatic hydroxyl groups excluding tert-OH is 2. The van der Waals surface area contributed by atoms with Gasteiger partial charge in [-0.3, -0.25) is 4.98 Å². The summed E-state index contributed by atoms with van der Waals surface area (Å²) >= 11 is 0. The molecule has 32 heavy (non-hydrogen) atoms. The van der Waals surface area contributed by atoms with Crippen molar-refractivity contribution in [1.29, 1.82) is 0 Å². The number of hydrogen-bond donors (Lipinski definition) is 2. The Bertz CT molecular complexity index is 1190. The SMILES string of the molecule is C[C@]12CC=C3C=C4C[C@@H](O)[C@@H](O)C[C@]45CCC3(O5)[C@@H]1CCC2c1ccc2ccncc2c1. The lowest BCUT2D eigenvalue weighted by Crippen LogP contribution is -2.55. The average molecular weight is 430 g/mol. The Labute approximate surface area is 189 Å². The third kappa shape index (κ3) is 2.36. The number of rotatable bonds is 1. The number of nitrogens with zero attached hydrogens (tertiary/aromatic N) is 1. The molecule has 7 rings (SSSR count). The van der Waals surface area contributed by atoms with Crippen LogP contribution in [0.2, 0.25) is 0 Å². The molecule has 4 nitrogen and oxygen atoms in total. The molecule has 0 radical (unpaired) electrons. The summed E-state index contributed by atoms with van der Waals surface area (Å²) in [5, 5.41) is 23.2. The number of benzene rings is 1. The van der Waals surface area contributed by atoms with Crippen LogP contribution in [0.15, 0.2) is 60.0 Å². The minimum absolute atomic E-state index is 0.156. The van der Waals surface area contributed by atoms with Crippen molar-refractivity contribution in [2.24, 2.45) is 11.3 Å². The molecule has 5 aliphatic rings. The van der Waals surface area contributed by atoms with Crippen molar-refractivity contribution >= 4 is 10.8 Å². The maximum absolute atomic E-state index is 10.5. The minimum Gasteiger partial charge on any atom is -0.390 e. The smallest absolute Gasteiger partial charge is 0.0974 e. The Hall–Kier alpha value is -2.01. The quantitative estimate of drug-likeness (QED) is 0.683. The zero-order valence-corrected chi connectivity index (χ0v) is 18.6. The van der Waals surface area contributed by atoms with E-state index < -0.39 is 12.2 Å². The molecule has 2 N–H and O–H groups in total. The van der Waals surface area contributed by atoms with E-state index in [0.717, 1.165) is 19.3 Å². The molecule has 0 amide bonds. The highest BCUT2D eigenvalue weighted by Crippen LogP contribution is 2.69. The number of allylic oxidation sites excluding steroid dienone is 1. The predicted octanol–water partition coefficient (Wildman–Crippen LogP) is 4.81. The van der Waals surface area contributed by atoms with Gasteiger partial charge in [0.1, 0.15) is 0 Å². The molecular formula is C28H31NO3. The Kier molecular flexibility index (Phi) is 3.84. The van der Waals surface area contributed by atoms with Crippen LogP contribution in [0.4, 0.5) is 0 Å². The van der Waals surface area contributed by atoms with Gasteiger partial charge in [-0.15, -0.1) is 0 Å². The Morgan fingerprint density at radius 2 is 1.97 bits per heavy atom. The molecule has 3 heterocycles. The van der Waals surface area contributed by atoms with Crippen LogP contribution in [0, 0.1) is 11.3 Å². The number of pyridine rings is 1. The molecule has 7 atom stereocenters. The normalized spacial score (nSPS) is 44.5. The van der Waals surface area contributed by atoms with Gasteiger partial charge in [-0.1, -0.05) is 31.2 Å². The molecular weight excluding hydrogens is 398 g/mol. The van der Waals surface area contributed by atoms with Crippen LogP contribution in [0.5, 0.6) is 0 Å². The second-order valence-electron chi connectivity index (χ2n) is 11.2. The largest absolute Gasteiger partial charge is 0.390 e. The average Bonchev–Trinajstić information content (AvgIpc) is 3.31. The van der Waals surface area contributed by atoms with Crippen molar-refractivity contribution in [3.8, 4) is 0 Å². The van der Waals surface area contributed by atoms with Crippen molar-refractivity contribution in [3.63, 3.8) is 0 Å². The van der Waals surface area contributed by atoms with E-state index in [1.54, 1.807) is 0 Å². The third-order valence-corrected chi connectivity index (χ3v) is 9.82. The molecule has 2 aliphatic heterocycles. The van der Waals surface area contributed by atoms with E-state index in [2.05, 4.69) is 48.3 Å². The summed E-state index contributed by atoms with van der Waals surface area (Å²) in [5.74, 6) is 0.985. The molecule has 166 valence electrons. The van der Waals surface area contributed by atoms with Gasteiger partial charge in [0.2, 0.25) is 0 Å². The minimum atomic E-state index is -0.690. The van der Waals surface area contributed by atoms with Crippen molar-refractivity contribution in [3.05, 3.63) is 65.5 Å². The van der Waals surface area contributed by atoms with Gasteiger partial charge < -0.3 is 14.9 Å². The van der Waals surface area contributed by atoms with E-state index >= 15 is 0 Å². The summed E-state index contributed by atoms with van der Waals surface area (Å²) in [5.41, 5.74) is 3.53. The van der Waals surface area contributed by atoms with Crippen molar-refractivity contribution in [1.82, 2.24) is 4.98 Å². The summed E-state index contributed by atoms with van der Waals surface area (Å²) < 4.78 is 7.12. The molecule has 1 aromatic carbocycles. The standard InChI is InChI=1S/C28H31NO3/c1-26-8-6-20-13-21-14-23(30)24(31)15-27(21)9-10-28(20,32-27)25(26)5-4-22(26)18-3-2-17-7-11-29-16-19(17)12-18/h2-3,6-7,11-13,16,22-25,30-31H,4-5,8-10,14-15H2,1H3/t22?,23-,24+,25-,26-,27-,28?/m1/s1. The zero-order chi connectivity index (χ0) is 21.7. The monoisotopic (exact) mass is 429 g/mol. The summed E-state index contributed by atoms with van der Waals surface area (Å²) in [6, 6.07) is 9.01. The Morgan fingerprint density at radius 1 is 1.06 bits per heavy atom. The number of hydrogen-bond acceptors (Lipinski definition) is 4. The highest BCUT2D eigenvalue weighted by Gasteiger charge is 2.67. The Balaban J connectivity index is 1.30. The lowest BCUT2D eigenvalue weighted by Gasteiger charge is -2.54. The molecule has 2 bridgehead atoms. The number of fused-ring (bicyclic) bond motifs is 2. The predicted molar refractivity (Wildman–Crippen MR) is 123 cm³/mol. The van der Waals surface area contributed by atoms with Gasteiger partial charge in [-0.25, -0.2) is 0 Å². The third-order valence-electron chi connectivity index (χ3n) is 9.82. The summed E-state index contributed by atoms with van der Waals surface area (Å²) in [6.07, 6.45) is 13.7. The van der Waals surface area contributed by atoms with Gasteiger partial charge in [-0.2, -0.15) is 0 Å². The molecule has 2 spiro atoms. The van der Waals surface area contributed by atoms with Crippen LogP contribution >= 0.6 is 0 Å². The van der Waals surface area contributed by atoms with Crippen molar-refractivity contribution in [2.45, 2.75) is 81.2 Å². The molecule has 4 heteroatoms. The molecule has 2 unspecified atom stereocenters. The lowest BCUT2D eigenvalue weighted by molar-refractivity contribution is -0.157. The van der Waals surface area contributed by atoms with Crippen LogP contribution in [0.3, 0.4) is 0 Å². The first-order valence-corrected chi connectivity index (χ1v) is 12.3. The summed E-state index contributed by atoms with van der Waals surface area (Å²) in [4.78, 5) is 4.34. The molecule has 3 aliphatic carbocycles. The molecule has 2 saturated carbocycles. The van der Waals surface area contributed by atoms with Crippen molar-refractivity contribution in [2.75, 3.05) is 0 Å². The van der Waals surface area contributed by atoms with Gasteiger partial charge in [0.15, 0.2) is 0 Å². The topological polar surface area (TPSA) is 62.6 Å². The first kappa shape index (κ1) is 19.5. The van der Waals surface area contributed by atoms with Crippen LogP contribution in [0.25, 0.3) is 10.8 Å². The van der Waals surface area contributed by atoms with Crippen LogP contribution in [-0.2, 0) is 4.74 Å². The Morgan fingerprint density at radius 3 is 2.88 bits per heavy atom. The van der Waals surface area contributed by atoms with Crippen LogP contribution < -0.4 is 0 Å². The van der Waals surface area contributed by atoms with Crippen LogP contribution in [0.1, 0.15) is 63.4 Å². The highest BCUT2D eigenvalue weighted by molar-refractivity contribution is 5.82. The highest BCUT2D eigenvalue weighted by atomic mass is 16.5. The number of aromatic nitrogens is 1. The maximum Gasteiger partial charge on any atom is 0.0974 e. The van der Waals surface area contributed by atoms with Gasteiger partial charge >= 0.3 is 0 Å². The van der Waals surface area contributed by atoms with Gasteiger partial charge in [-0.05, 0) is 90.0 Å². The van der Waals surface area contributed by atoms with E-state index in [1.807, 2.05) is 12.4 Å². The summed E-state index contributed by atoms with van der Waals surface area (Å²) in [7, 11) is 0. The molecule has 1 aromatic heterocycles. The summed E-state index contributed by atoms with van der Waals surface area (Å²) in [6.45, 7) is 2.48. The van der Waals surface area contributed by atoms with E-state index in [0.29, 0.717) is 24.7 Å². The van der Waals surface area contributed by atoms with E-state index in [4.69, 9.17) is 4.74 Å². The van der Waals surface area contributed by atoms with Gasteiger partial charge in [0, 0.05) is 24.2 Å². The lowest BCUT2D eigenvalue weighted by atomic mass is 9.58. The van der Waals surface area contributed by atoms with Gasteiger partial charge in [0.25, 0.3) is 0 Å². The zero-order valence-electron chi connectivity index (χ0n) is 18.6. The second-order valence-corrected chi connectivity index (χ2v) is 11.2.